The Kier molecular flexibility index (Phi) is 6.34. The standard InChI is InChI=1S/C17H20F6O2/c1-4-12-8-7-9-13(10-12)14(5-2,6-3)25-11-15(24,16(18,19)20)17(21,22)23/h4,7-10,24H,1,5-6,11H2,2-3H3. The molecule has 0 unspecified atom stereocenters. The van der Waals surface area contributed by atoms with E-state index in [9.17, 15) is 31.4 Å². The van der Waals surface area contributed by atoms with Crippen molar-refractivity contribution in [3.05, 3.63) is 42.0 Å². The van der Waals surface area contributed by atoms with Gasteiger partial charge in [-0.3, -0.25) is 0 Å². The Morgan fingerprint density at radius 1 is 1.04 bits per heavy atom. The normalized spacial score (nSPS) is 13.8. The van der Waals surface area contributed by atoms with E-state index in [0.717, 1.165) is 0 Å². The van der Waals surface area contributed by atoms with Gasteiger partial charge in [0.2, 0.25) is 0 Å². The van der Waals surface area contributed by atoms with Crippen LogP contribution in [-0.2, 0) is 10.3 Å². The van der Waals surface area contributed by atoms with E-state index in [4.69, 9.17) is 4.74 Å². The van der Waals surface area contributed by atoms with Crippen LogP contribution >= 0.6 is 0 Å². The van der Waals surface area contributed by atoms with Crippen LogP contribution in [0.4, 0.5) is 26.3 Å². The van der Waals surface area contributed by atoms with E-state index in [1.807, 2.05) is 0 Å². The maximum atomic E-state index is 12.8. The van der Waals surface area contributed by atoms with Gasteiger partial charge >= 0.3 is 12.4 Å². The summed E-state index contributed by atoms with van der Waals surface area (Å²) in [6.45, 7) is 4.81. The van der Waals surface area contributed by atoms with Gasteiger partial charge in [-0.2, -0.15) is 26.3 Å². The number of halogens is 6. The smallest absolute Gasteiger partial charge is 0.372 e. The van der Waals surface area contributed by atoms with Gasteiger partial charge in [0.15, 0.2) is 0 Å². The quantitative estimate of drug-likeness (QED) is 0.667. The third-order valence-corrected chi connectivity index (χ3v) is 4.29. The first-order valence-electron chi connectivity index (χ1n) is 7.59. The highest BCUT2D eigenvalue weighted by Gasteiger charge is 2.71. The number of hydrogen-bond acceptors (Lipinski definition) is 2. The highest BCUT2D eigenvalue weighted by molar-refractivity contribution is 5.48. The van der Waals surface area contributed by atoms with Crippen molar-refractivity contribution in [2.24, 2.45) is 0 Å². The second-order valence-corrected chi connectivity index (χ2v) is 5.68. The van der Waals surface area contributed by atoms with Gasteiger partial charge < -0.3 is 9.84 Å². The summed E-state index contributed by atoms with van der Waals surface area (Å²) in [4.78, 5) is 0. The van der Waals surface area contributed by atoms with E-state index in [1.54, 1.807) is 38.1 Å². The number of alkyl halides is 6. The second kappa shape index (κ2) is 7.37. The molecule has 0 aliphatic carbocycles. The first-order chi connectivity index (χ1) is 11.4. The minimum absolute atomic E-state index is 0.121. The summed E-state index contributed by atoms with van der Waals surface area (Å²) >= 11 is 0. The zero-order valence-corrected chi connectivity index (χ0v) is 13.8. The van der Waals surface area contributed by atoms with Crippen molar-refractivity contribution in [1.29, 1.82) is 0 Å². The molecule has 0 aliphatic rings. The van der Waals surface area contributed by atoms with Gasteiger partial charge in [0.25, 0.3) is 5.60 Å². The Hall–Kier alpha value is -1.54. The molecule has 0 spiro atoms. The van der Waals surface area contributed by atoms with Crippen LogP contribution in [0.15, 0.2) is 30.8 Å². The molecule has 1 N–H and O–H groups in total. The summed E-state index contributed by atoms with van der Waals surface area (Å²) in [5, 5.41) is 9.30. The molecule has 1 aromatic carbocycles. The maximum Gasteiger partial charge on any atom is 0.428 e. The molecule has 0 atom stereocenters. The minimum atomic E-state index is -5.92. The molecule has 0 aliphatic heterocycles. The molecule has 0 aromatic heterocycles. The summed E-state index contributed by atoms with van der Waals surface area (Å²) in [5.41, 5.74) is -5.27. The van der Waals surface area contributed by atoms with Gasteiger partial charge in [-0.05, 0) is 30.0 Å². The third kappa shape index (κ3) is 4.17. The predicted molar refractivity (Wildman–Crippen MR) is 81.8 cm³/mol. The molecule has 2 nitrogen and oxygen atoms in total. The highest BCUT2D eigenvalue weighted by atomic mass is 19.4. The molecule has 8 heteroatoms. The SMILES string of the molecule is C=Cc1cccc(C(CC)(CC)OCC(O)(C(F)(F)F)C(F)(F)F)c1. The average Bonchev–Trinajstić information content (AvgIpc) is 2.54. The van der Waals surface area contributed by atoms with Crippen LogP contribution in [0.1, 0.15) is 37.8 Å². The summed E-state index contributed by atoms with van der Waals surface area (Å²) in [6.07, 6.45) is -10.1. The van der Waals surface area contributed by atoms with E-state index < -0.39 is 30.2 Å². The van der Waals surface area contributed by atoms with Crippen molar-refractivity contribution in [1.82, 2.24) is 0 Å². The molecule has 25 heavy (non-hydrogen) atoms. The van der Waals surface area contributed by atoms with Gasteiger partial charge in [-0.25, -0.2) is 0 Å². The zero-order chi connectivity index (χ0) is 19.5. The van der Waals surface area contributed by atoms with E-state index in [1.165, 1.54) is 6.08 Å². The van der Waals surface area contributed by atoms with Crippen molar-refractivity contribution in [3.63, 3.8) is 0 Å². The monoisotopic (exact) mass is 370 g/mol. The fourth-order valence-electron chi connectivity index (χ4n) is 2.46. The van der Waals surface area contributed by atoms with Gasteiger partial charge in [-0.1, -0.05) is 44.7 Å². The van der Waals surface area contributed by atoms with Crippen molar-refractivity contribution in [2.45, 2.75) is 50.2 Å². The molecule has 0 radical (unpaired) electrons. The summed E-state index contributed by atoms with van der Waals surface area (Å²) < 4.78 is 82.2. The van der Waals surface area contributed by atoms with Gasteiger partial charge in [0.1, 0.15) is 0 Å². The van der Waals surface area contributed by atoms with Crippen molar-refractivity contribution < 1.29 is 36.2 Å². The molecule has 0 amide bonds. The lowest BCUT2D eigenvalue weighted by Crippen LogP contribution is -2.60. The molecule has 0 fully saturated rings. The van der Waals surface area contributed by atoms with Crippen LogP contribution in [0.25, 0.3) is 6.08 Å². The molecule has 0 saturated heterocycles. The Bertz CT molecular complexity index is 574. The fraction of sp³-hybridized carbons (Fsp3) is 0.529. The van der Waals surface area contributed by atoms with Gasteiger partial charge in [-0.15, -0.1) is 0 Å². The minimum Gasteiger partial charge on any atom is -0.372 e. The number of rotatable bonds is 7. The summed E-state index contributed by atoms with van der Waals surface area (Å²) in [6, 6.07) is 6.43. The largest absolute Gasteiger partial charge is 0.428 e. The van der Waals surface area contributed by atoms with Gasteiger partial charge in [0, 0.05) is 0 Å². The topological polar surface area (TPSA) is 29.5 Å². The van der Waals surface area contributed by atoms with Crippen LogP contribution < -0.4 is 0 Å². The Balaban J connectivity index is 3.26. The molecular formula is C17H20F6O2. The van der Waals surface area contributed by atoms with Crippen LogP contribution in [0.3, 0.4) is 0 Å². The number of hydrogen-bond donors (Lipinski definition) is 1. The second-order valence-electron chi connectivity index (χ2n) is 5.68. The van der Waals surface area contributed by atoms with E-state index in [-0.39, 0.29) is 12.8 Å². The van der Waals surface area contributed by atoms with Crippen LogP contribution in [0.5, 0.6) is 0 Å². The number of ether oxygens (including phenoxy) is 1. The van der Waals surface area contributed by atoms with Crippen LogP contribution in [0.2, 0.25) is 0 Å². The van der Waals surface area contributed by atoms with Crippen molar-refractivity contribution in [2.75, 3.05) is 6.61 Å². The van der Waals surface area contributed by atoms with E-state index >= 15 is 0 Å². The highest BCUT2D eigenvalue weighted by Crippen LogP contribution is 2.45. The lowest BCUT2D eigenvalue weighted by Gasteiger charge is -2.38. The molecular weight excluding hydrogens is 350 g/mol. The molecule has 1 rings (SSSR count). The Morgan fingerprint density at radius 2 is 1.56 bits per heavy atom. The van der Waals surface area contributed by atoms with Crippen LogP contribution in [0, 0.1) is 0 Å². The molecule has 0 saturated carbocycles. The van der Waals surface area contributed by atoms with Gasteiger partial charge in [0.05, 0.1) is 12.2 Å². The average molecular weight is 370 g/mol. The van der Waals surface area contributed by atoms with Crippen LogP contribution in [-0.4, -0.2) is 29.7 Å². The molecule has 1 aromatic rings. The summed E-state index contributed by atoms with van der Waals surface area (Å²) in [5.74, 6) is 0. The number of aliphatic hydroxyl groups is 1. The number of benzene rings is 1. The first-order valence-corrected chi connectivity index (χ1v) is 7.59. The lowest BCUT2D eigenvalue weighted by molar-refractivity contribution is -0.383. The maximum absolute atomic E-state index is 12.8. The Labute approximate surface area is 142 Å². The van der Waals surface area contributed by atoms with E-state index in [0.29, 0.717) is 11.1 Å². The molecule has 0 bridgehead atoms. The Morgan fingerprint density at radius 3 is 1.96 bits per heavy atom. The zero-order valence-electron chi connectivity index (χ0n) is 13.8. The lowest BCUT2D eigenvalue weighted by atomic mass is 9.87. The van der Waals surface area contributed by atoms with Crippen molar-refractivity contribution >= 4 is 6.08 Å². The molecule has 0 heterocycles. The third-order valence-electron chi connectivity index (χ3n) is 4.29. The first kappa shape index (κ1) is 21.5. The molecule has 142 valence electrons. The predicted octanol–water partition coefficient (Wildman–Crippen LogP) is 5.22. The van der Waals surface area contributed by atoms with E-state index in [2.05, 4.69) is 6.58 Å². The summed E-state index contributed by atoms with van der Waals surface area (Å²) in [7, 11) is 0. The van der Waals surface area contributed by atoms with Crippen molar-refractivity contribution in [3.8, 4) is 0 Å². The fourth-order valence-corrected chi connectivity index (χ4v) is 2.46.